The third kappa shape index (κ3) is 2.99. The number of pyridine rings is 1. The number of nitrogens with one attached hydrogen (secondary N) is 1. The fourth-order valence-corrected chi connectivity index (χ4v) is 2.38. The predicted octanol–water partition coefficient (Wildman–Crippen LogP) is 3.30. The van der Waals surface area contributed by atoms with Crippen molar-refractivity contribution in [3.8, 4) is 22.6 Å². The van der Waals surface area contributed by atoms with Crippen molar-refractivity contribution in [3.63, 3.8) is 0 Å². The molecule has 1 N–H and O–H groups in total. The molecule has 1 saturated carbocycles. The average molecular weight is 305 g/mol. The van der Waals surface area contributed by atoms with Crippen molar-refractivity contribution >= 4 is 5.91 Å². The molecule has 114 valence electrons. The van der Waals surface area contributed by atoms with Crippen LogP contribution in [-0.4, -0.2) is 22.1 Å². The summed E-state index contributed by atoms with van der Waals surface area (Å²) in [5.74, 6) is 0.641. The van der Waals surface area contributed by atoms with Gasteiger partial charge < -0.3 is 9.84 Å². The fourth-order valence-electron chi connectivity index (χ4n) is 2.38. The predicted molar refractivity (Wildman–Crippen MR) is 85.7 cm³/mol. The van der Waals surface area contributed by atoms with Crippen LogP contribution >= 0.6 is 0 Å². The summed E-state index contributed by atoms with van der Waals surface area (Å²) in [7, 11) is 0. The Morgan fingerprint density at radius 3 is 2.70 bits per heavy atom. The maximum absolute atomic E-state index is 12.1. The Labute approximate surface area is 133 Å². The molecule has 1 aliphatic carbocycles. The molecule has 5 nitrogen and oxygen atoms in total. The summed E-state index contributed by atoms with van der Waals surface area (Å²) in [5.41, 5.74) is 3.12. The summed E-state index contributed by atoms with van der Waals surface area (Å²) in [4.78, 5) is 16.1. The van der Waals surface area contributed by atoms with Crippen molar-refractivity contribution in [1.82, 2.24) is 15.5 Å². The summed E-state index contributed by atoms with van der Waals surface area (Å²) < 4.78 is 5.40. The minimum Gasteiger partial charge on any atom is -0.356 e. The summed E-state index contributed by atoms with van der Waals surface area (Å²) in [6.07, 6.45) is 5.56. The molecule has 1 amide bonds. The summed E-state index contributed by atoms with van der Waals surface area (Å²) >= 11 is 0. The number of rotatable bonds is 4. The van der Waals surface area contributed by atoms with Crippen LogP contribution in [-0.2, 0) is 0 Å². The van der Waals surface area contributed by atoms with Crippen molar-refractivity contribution in [2.45, 2.75) is 18.9 Å². The van der Waals surface area contributed by atoms with Gasteiger partial charge in [0, 0.05) is 41.2 Å². The van der Waals surface area contributed by atoms with Crippen LogP contribution in [0.5, 0.6) is 0 Å². The topological polar surface area (TPSA) is 68.0 Å². The molecule has 1 aromatic carbocycles. The molecular formula is C18H15N3O2. The minimum absolute atomic E-state index is 0.0350. The molecule has 1 fully saturated rings. The van der Waals surface area contributed by atoms with E-state index in [1.54, 1.807) is 12.4 Å². The van der Waals surface area contributed by atoms with Crippen LogP contribution in [0, 0.1) is 0 Å². The van der Waals surface area contributed by atoms with E-state index in [1.807, 2.05) is 42.5 Å². The minimum atomic E-state index is -0.0350. The highest BCUT2D eigenvalue weighted by Crippen LogP contribution is 2.26. The van der Waals surface area contributed by atoms with Crippen molar-refractivity contribution < 1.29 is 9.32 Å². The lowest BCUT2D eigenvalue weighted by molar-refractivity contribution is 0.0951. The molecule has 2 heterocycles. The smallest absolute Gasteiger partial charge is 0.251 e. The maximum Gasteiger partial charge on any atom is 0.251 e. The second kappa shape index (κ2) is 5.68. The van der Waals surface area contributed by atoms with E-state index in [0.29, 0.717) is 23.1 Å². The highest BCUT2D eigenvalue weighted by atomic mass is 16.5. The molecule has 23 heavy (non-hydrogen) atoms. The average Bonchev–Trinajstić information content (AvgIpc) is 3.27. The lowest BCUT2D eigenvalue weighted by Gasteiger charge is -2.04. The Bertz CT molecular complexity index is 838. The number of hydrogen-bond acceptors (Lipinski definition) is 4. The third-order valence-corrected chi connectivity index (χ3v) is 3.81. The first kappa shape index (κ1) is 13.7. The highest BCUT2D eigenvalue weighted by molar-refractivity contribution is 5.95. The van der Waals surface area contributed by atoms with Gasteiger partial charge in [0.05, 0.1) is 0 Å². The zero-order valence-electron chi connectivity index (χ0n) is 12.4. The number of carbonyl (C=O) groups is 1. The molecule has 3 aromatic rings. The van der Waals surface area contributed by atoms with E-state index in [2.05, 4.69) is 15.5 Å². The monoisotopic (exact) mass is 305 g/mol. The summed E-state index contributed by atoms with van der Waals surface area (Å²) in [6, 6.07) is 13.4. The maximum atomic E-state index is 12.1. The van der Waals surface area contributed by atoms with E-state index in [4.69, 9.17) is 4.52 Å². The van der Waals surface area contributed by atoms with Gasteiger partial charge in [0.25, 0.3) is 5.91 Å². The summed E-state index contributed by atoms with van der Waals surface area (Å²) in [5, 5.41) is 7.10. The molecule has 0 atom stereocenters. The molecule has 0 radical (unpaired) electrons. The zero-order chi connectivity index (χ0) is 15.6. The van der Waals surface area contributed by atoms with E-state index >= 15 is 0 Å². The van der Waals surface area contributed by atoms with Gasteiger partial charge in [0.15, 0.2) is 5.76 Å². The Hall–Kier alpha value is -2.95. The Balaban J connectivity index is 1.60. The van der Waals surface area contributed by atoms with Crippen LogP contribution in [0.3, 0.4) is 0 Å². The molecule has 0 saturated heterocycles. The number of aromatic nitrogens is 2. The number of nitrogens with zero attached hydrogens (tertiary/aromatic N) is 2. The van der Waals surface area contributed by atoms with Gasteiger partial charge in [-0.3, -0.25) is 9.78 Å². The van der Waals surface area contributed by atoms with Gasteiger partial charge in [-0.05, 0) is 37.1 Å². The standard InChI is InChI=1S/C18H15N3O2/c22-18(20-15-4-5-15)14-3-1-2-13(10-14)16-11-17(23-21-16)12-6-8-19-9-7-12/h1-3,6-11,15H,4-5H2,(H,20,22). The van der Waals surface area contributed by atoms with Crippen LogP contribution in [0.1, 0.15) is 23.2 Å². The quantitative estimate of drug-likeness (QED) is 0.803. The van der Waals surface area contributed by atoms with E-state index in [0.717, 1.165) is 24.0 Å². The number of carbonyl (C=O) groups excluding carboxylic acids is 1. The Morgan fingerprint density at radius 1 is 1.09 bits per heavy atom. The molecule has 0 aliphatic heterocycles. The van der Waals surface area contributed by atoms with Crippen molar-refractivity contribution in [2.75, 3.05) is 0 Å². The van der Waals surface area contributed by atoms with E-state index in [9.17, 15) is 4.79 Å². The second-order valence-electron chi connectivity index (χ2n) is 5.64. The van der Waals surface area contributed by atoms with Crippen LogP contribution in [0.4, 0.5) is 0 Å². The van der Waals surface area contributed by atoms with Gasteiger partial charge in [-0.15, -0.1) is 0 Å². The molecule has 1 aliphatic rings. The lowest BCUT2D eigenvalue weighted by atomic mass is 10.1. The number of hydrogen-bond donors (Lipinski definition) is 1. The number of amides is 1. The molecule has 0 spiro atoms. The van der Waals surface area contributed by atoms with E-state index in [1.165, 1.54) is 0 Å². The molecule has 2 aromatic heterocycles. The number of benzene rings is 1. The first-order chi connectivity index (χ1) is 11.3. The van der Waals surface area contributed by atoms with Gasteiger partial charge in [-0.1, -0.05) is 17.3 Å². The fraction of sp³-hybridized carbons (Fsp3) is 0.167. The van der Waals surface area contributed by atoms with Crippen LogP contribution in [0.25, 0.3) is 22.6 Å². The van der Waals surface area contributed by atoms with E-state index in [-0.39, 0.29) is 5.91 Å². The highest BCUT2D eigenvalue weighted by Gasteiger charge is 2.23. The molecule has 0 unspecified atom stereocenters. The Kier molecular flexibility index (Phi) is 3.38. The van der Waals surface area contributed by atoms with Gasteiger partial charge in [-0.25, -0.2) is 0 Å². The molecule has 0 bridgehead atoms. The zero-order valence-corrected chi connectivity index (χ0v) is 12.4. The van der Waals surface area contributed by atoms with Crippen molar-refractivity contribution in [1.29, 1.82) is 0 Å². The largest absolute Gasteiger partial charge is 0.356 e. The van der Waals surface area contributed by atoms with Gasteiger partial charge in [0.2, 0.25) is 0 Å². The van der Waals surface area contributed by atoms with Crippen molar-refractivity contribution in [2.24, 2.45) is 0 Å². The molecule has 4 rings (SSSR count). The van der Waals surface area contributed by atoms with Crippen LogP contribution in [0.2, 0.25) is 0 Å². The molecular weight excluding hydrogens is 290 g/mol. The first-order valence-electron chi connectivity index (χ1n) is 7.58. The first-order valence-corrected chi connectivity index (χ1v) is 7.58. The Morgan fingerprint density at radius 2 is 1.91 bits per heavy atom. The van der Waals surface area contributed by atoms with E-state index < -0.39 is 0 Å². The van der Waals surface area contributed by atoms with Gasteiger partial charge in [-0.2, -0.15) is 0 Å². The summed E-state index contributed by atoms with van der Waals surface area (Å²) in [6.45, 7) is 0. The van der Waals surface area contributed by atoms with Crippen LogP contribution in [0.15, 0.2) is 59.4 Å². The van der Waals surface area contributed by atoms with Gasteiger partial charge in [0.1, 0.15) is 5.69 Å². The third-order valence-electron chi connectivity index (χ3n) is 3.81. The second-order valence-corrected chi connectivity index (χ2v) is 5.64. The SMILES string of the molecule is O=C(NC1CC1)c1cccc(-c2cc(-c3ccncc3)on2)c1. The lowest BCUT2D eigenvalue weighted by Crippen LogP contribution is -2.25. The normalized spacial score (nSPS) is 13.7. The van der Waals surface area contributed by atoms with Crippen molar-refractivity contribution in [3.05, 3.63) is 60.4 Å². The van der Waals surface area contributed by atoms with Crippen LogP contribution < -0.4 is 5.32 Å². The van der Waals surface area contributed by atoms with Gasteiger partial charge >= 0.3 is 0 Å². The molecule has 5 heteroatoms.